The number of allylic oxidation sites excluding steroid dienone is 1. The van der Waals surface area contributed by atoms with E-state index >= 15 is 0 Å². The molecule has 1 amide bonds. The van der Waals surface area contributed by atoms with Crippen LogP contribution in [-0.4, -0.2) is 51.9 Å². The number of nitrogens with one attached hydrogen (secondary N) is 1. The van der Waals surface area contributed by atoms with Gasteiger partial charge in [-0.25, -0.2) is 4.68 Å². The number of hydrogen-bond donors (Lipinski definition) is 1. The van der Waals surface area contributed by atoms with Crippen molar-refractivity contribution in [3.63, 3.8) is 0 Å². The number of amides is 1. The lowest BCUT2D eigenvalue weighted by Crippen LogP contribution is -2.44. The highest BCUT2D eigenvalue weighted by Gasteiger charge is 2.37. The summed E-state index contributed by atoms with van der Waals surface area (Å²) < 4.78 is 7.09. The first kappa shape index (κ1) is 18.3. The number of hydrogen-bond acceptors (Lipinski definition) is 5. The Kier molecular flexibility index (Phi) is 4.84. The summed E-state index contributed by atoms with van der Waals surface area (Å²) in [5, 5.41) is 8.73. The summed E-state index contributed by atoms with van der Waals surface area (Å²) in [6.07, 6.45) is 0. The van der Waals surface area contributed by atoms with E-state index in [1.165, 1.54) is 0 Å². The largest absolute Gasteiger partial charge is 0.378 e. The quantitative estimate of drug-likeness (QED) is 0.827. The van der Waals surface area contributed by atoms with Crippen LogP contribution in [0.4, 0.5) is 5.95 Å². The van der Waals surface area contributed by atoms with Crippen LogP contribution in [0.5, 0.6) is 0 Å². The Morgan fingerprint density at radius 1 is 1.26 bits per heavy atom. The molecule has 0 bridgehead atoms. The molecule has 7 nitrogen and oxygen atoms in total. The molecule has 2 aliphatic heterocycles. The average Bonchev–Trinajstić information content (AvgIpc) is 3.01. The van der Waals surface area contributed by atoms with Crippen molar-refractivity contribution in [1.82, 2.24) is 19.7 Å². The smallest absolute Gasteiger partial charge is 0.254 e. The van der Waals surface area contributed by atoms with Gasteiger partial charge in [0.25, 0.3) is 5.91 Å². The Labute approximate surface area is 166 Å². The Morgan fingerprint density at radius 3 is 2.70 bits per heavy atom. The van der Waals surface area contributed by atoms with Gasteiger partial charge in [0.05, 0.1) is 18.8 Å². The molecule has 2 aromatic rings. The molecule has 3 heterocycles. The molecule has 1 aromatic heterocycles. The fraction of sp³-hybridized carbons (Fsp3) is 0.389. The number of ether oxygens (including phenoxy) is 1. The minimum atomic E-state index is -0.484. The zero-order chi connectivity index (χ0) is 19.1. The third-order valence-electron chi connectivity index (χ3n) is 4.74. The van der Waals surface area contributed by atoms with Crippen LogP contribution in [0.3, 0.4) is 0 Å². The molecule has 1 atom stereocenters. The van der Waals surface area contributed by atoms with Crippen LogP contribution in [-0.2, 0) is 9.53 Å². The van der Waals surface area contributed by atoms with Crippen LogP contribution in [0.1, 0.15) is 24.4 Å². The van der Waals surface area contributed by atoms with Gasteiger partial charge in [0, 0.05) is 34.4 Å². The van der Waals surface area contributed by atoms with E-state index < -0.39 is 6.04 Å². The maximum Gasteiger partial charge on any atom is 0.254 e. The molecular formula is C18H19Cl2N5O2. The zero-order valence-corrected chi connectivity index (χ0v) is 16.5. The fourth-order valence-electron chi connectivity index (χ4n) is 3.48. The first-order chi connectivity index (χ1) is 13.0. The number of anilines is 1. The second-order valence-corrected chi connectivity index (χ2v) is 7.41. The van der Waals surface area contributed by atoms with E-state index in [1.807, 2.05) is 19.9 Å². The molecular weight excluding hydrogens is 389 g/mol. The third-order valence-corrected chi connectivity index (χ3v) is 5.31. The summed E-state index contributed by atoms with van der Waals surface area (Å²) in [4.78, 5) is 19.6. The summed E-state index contributed by atoms with van der Waals surface area (Å²) >= 11 is 12.6. The molecule has 0 spiro atoms. The van der Waals surface area contributed by atoms with Crippen molar-refractivity contribution < 1.29 is 9.53 Å². The van der Waals surface area contributed by atoms with Gasteiger partial charge >= 0.3 is 0 Å². The van der Waals surface area contributed by atoms with Crippen LogP contribution < -0.4 is 5.32 Å². The van der Waals surface area contributed by atoms with Gasteiger partial charge in [0.15, 0.2) is 0 Å². The summed E-state index contributed by atoms with van der Waals surface area (Å²) in [6.45, 7) is 5.86. The number of morpholine rings is 1. The van der Waals surface area contributed by atoms with E-state index in [-0.39, 0.29) is 5.91 Å². The summed E-state index contributed by atoms with van der Waals surface area (Å²) in [6, 6.07) is 4.79. The van der Waals surface area contributed by atoms with Crippen molar-refractivity contribution in [2.24, 2.45) is 0 Å². The second kappa shape index (κ2) is 7.14. The van der Waals surface area contributed by atoms with Gasteiger partial charge in [-0.05, 0) is 26.0 Å². The number of nitrogens with zero attached hydrogens (tertiary/aromatic N) is 4. The lowest BCUT2D eigenvalue weighted by atomic mass is 9.94. The van der Waals surface area contributed by atoms with Crippen LogP contribution in [0.25, 0.3) is 0 Å². The third kappa shape index (κ3) is 3.31. The second-order valence-electron chi connectivity index (χ2n) is 6.56. The van der Waals surface area contributed by atoms with Crippen LogP contribution in [0.2, 0.25) is 10.0 Å². The minimum Gasteiger partial charge on any atom is -0.378 e. The lowest BCUT2D eigenvalue weighted by Gasteiger charge is -2.34. The molecule has 1 N–H and O–H groups in total. The topological polar surface area (TPSA) is 72.3 Å². The Balaban J connectivity index is 1.85. The molecule has 0 saturated carbocycles. The average molecular weight is 408 g/mol. The summed E-state index contributed by atoms with van der Waals surface area (Å²) in [5.74, 6) is 1.14. The number of carbonyl (C=O) groups is 1. The summed E-state index contributed by atoms with van der Waals surface area (Å²) in [7, 11) is 0. The molecule has 1 fully saturated rings. The van der Waals surface area contributed by atoms with Crippen molar-refractivity contribution in [2.45, 2.75) is 19.9 Å². The number of fused-ring (bicyclic) bond motifs is 1. The van der Waals surface area contributed by atoms with E-state index in [0.717, 1.165) is 11.3 Å². The van der Waals surface area contributed by atoms with Crippen molar-refractivity contribution in [2.75, 3.05) is 31.6 Å². The van der Waals surface area contributed by atoms with Crippen LogP contribution in [0, 0.1) is 6.92 Å². The molecule has 1 aromatic carbocycles. The highest BCUT2D eigenvalue weighted by molar-refractivity contribution is 6.35. The van der Waals surface area contributed by atoms with Crippen molar-refractivity contribution in [1.29, 1.82) is 0 Å². The molecule has 9 heteroatoms. The van der Waals surface area contributed by atoms with E-state index in [9.17, 15) is 4.79 Å². The number of benzene rings is 1. The van der Waals surface area contributed by atoms with Gasteiger partial charge in [-0.2, -0.15) is 10.1 Å². The number of halogens is 2. The Hall–Kier alpha value is -2.09. The van der Waals surface area contributed by atoms with Gasteiger partial charge in [-0.15, -0.1) is 0 Å². The maximum absolute atomic E-state index is 13.4. The Bertz CT molecular complexity index is 934. The highest BCUT2D eigenvalue weighted by Crippen LogP contribution is 2.39. The maximum atomic E-state index is 13.4. The monoisotopic (exact) mass is 407 g/mol. The lowest BCUT2D eigenvalue weighted by molar-refractivity contribution is -0.131. The number of rotatable bonds is 2. The fourth-order valence-corrected chi connectivity index (χ4v) is 3.99. The first-order valence-corrected chi connectivity index (χ1v) is 9.44. The molecule has 1 unspecified atom stereocenters. The van der Waals surface area contributed by atoms with Gasteiger partial charge in [0.1, 0.15) is 11.9 Å². The molecule has 2 aliphatic rings. The standard InChI is InChI=1S/C18H19Cl2N5O2/c1-10-15(17(26)24-5-7-27-8-6-24)16(13-4-3-12(19)9-14(13)20)25-18(21-10)22-11(2)23-25/h3-4,9,16H,5-8H2,1-2H3,(H,21,22,23). The molecule has 4 rings (SSSR count). The number of aryl methyl sites for hydroxylation is 1. The number of carbonyl (C=O) groups excluding carboxylic acids is 1. The van der Waals surface area contributed by atoms with Gasteiger partial charge in [0.2, 0.25) is 5.95 Å². The van der Waals surface area contributed by atoms with E-state index in [4.69, 9.17) is 27.9 Å². The first-order valence-electron chi connectivity index (χ1n) is 8.68. The molecule has 27 heavy (non-hydrogen) atoms. The van der Waals surface area contributed by atoms with Crippen molar-refractivity contribution >= 4 is 35.1 Å². The highest BCUT2D eigenvalue weighted by atomic mass is 35.5. The van der Waals surface area contributed by atoms with Gasteiger partial charge in [-0.1, -0.05) is 29.3 Å². The predicted octanol–water partition coefficient (Wildman–Crippen LogP) is 3.04. The van der Waals surface area contributed by atoms with Gasteiger partial charge in [-0.3, -0.25) is 4.79 Å². The van der Waals surface area contributed by atoms with Crippen LogP contribution >= 0.6 is 23.2 Å². The van der Waals surface area contributed by atoms with Crippen LogP contribution in [0.15, 0.2) is 29.5 Å². The molecule has 142 valence electrons. The van der Waals surface area contributed by atoms with Crippen molar-refractivity contribution in [3.8, 4) is 0 Å². The Morgan fingerprint density at radius 2 is 2.00 bits per heavy atom. The van der Waals surface area contributed by atoms with E-state index in [1.54, 1.807) is 21.7 Å². The van der Waals surface area contributed by atoms with Crippen molar-refractivity contribution in [3.05, 3.63) is 50.9 Å². The molecule has 0 aliphatic carbocycles. The SMILES string of the molecule is CC1=C(C(=O)N2CCOCC2)C(c2ccc(Cl)cc2Cl)n2nc(C)nc2N1. The number of aromatic nitrogens is 3. The normalized spacial score (nSPS) is 19.7. The zero-order valence-electron chi connectivity index (χ0n) is 15.0. The van der Waals surface area contributed by atoms with E-state index in [0.29, 0.717) is 53.7 Å². The van der Waals surface area contributed by atoms with Gasteiger partial charge < -0.3 is 15.0 Å². The minimum absolute atomic E-state index is 0.0573. The summed E-state index contributed by atoms with van der Waals surface area (Å²) in [5.41, 5.74) is 2.09. The molecule has 0 radical (unpaired) electrons. The van der Waals surface area contributed by atoms with E-state index in [2.05, 4.69) is 15.4 Å². The molecule has 1 saturated heterocycles. The predicted molar refractivity (Wildman–Crippen MR) is 103 cm³/mol.